The first-order chi connectivity index (χ1) is 10.1. The number of morpholine rings is 1. The highest BCUT2D eigenvalue weighted by Crippen LogP contribution is 2.16. The van der Waals surface area contributed by atoms with Crippen molar-refractivity contribution in [1.82, 2.24) is 4.90 Å². The molecule has 1 aromatic rings. The highest BCUT2D eigenvalue weighted by Gasteiger charge is 2.27. The maximum atomic E-state index is 12.3. The molecule has 0 aliphatic carbocycles. The summed E-state index contributed by atoms with van der Waals surface area (Å²) in [5.74, 6) is 1.04. The summed E-state index contributed by atoms with van der Waals surface area (Å²) in [6.45, 7) is 3.38. The van der Waals surface area contributed by atoms with E-state index in [0.717, 1.165) is 23.1 Å². The zero-order chi connectivity index (χ0) is 15.2. The van der Waals surface area contributed by atoms with Crippen molar-refractivity contribution < 1.29 is 14.3 Å². The standard InChI is InChI=1S/C16H22BrNO3/c1-12-10-18(11-15(9-17)21-12)16(19)8-5-13-3-6-14(20-2)7-4-13/h3-4,6-7,12,15H,5,8-11H2,1-2H3. The van der Waals surface area contributed by atoms with Gasteiger partial charge in [-0.3, -0.25) is 4.79 Å². The molecule has 1 heterocycles. The maximum Gasteiger partial charge on any atom is 0.223 e. The molecule has 2 unspecified atom stereocenters. The number of alkyl halides is 1. The van der Waals surface area contributed by atoms with Crippen LogP contribution in [-0.4, -0.2) is 48.5 Å². The Morgan fingerprint density at radius 3 is 2.71 bits per heavy atom. The molecule has 0 aromatic heterocycles. The van der Waals surface area contributed by atoms with E-state index in [1.807, 2.05) is 36.1 Å². The zero-order valence-corrected chi connectivity index (χ0v) is 14.1. The Hall–Kier alpha value is -1.07. The number of hydrogen-bond donors (Lipinski definition) is 0. The average molecular weight is 356 g/mol. The van der Waals surface area contributed by atoms with Crippen LogP contribution < -0.4 is 4.74 Å². The second-order valence-corrected chi connectivity index (χ2v) is 6.02. The average Bonchev–Trinajstić information content (AvgIpc) is 2.52. The van der Waals surface area contributed by atoms with E-state index in [1.54, 1.807) is 7.11 Å². The molecular formula is C16H22BrNO3. The van der Waals surface area contributed by atoms with Crippen molar-refractivity contribution in [3.8, 4) is 5.75 Å². The molecule has 2 atom stereocenters. The van der Waals surface area contributed by atoms with Gasteiger partial charge in [-0.2, -0.15) is 0 Å². The number of aryl methyl sites for hydroxylation is 1. The molecule has 1 aliphatic rings. The molecule has 116 valence electrons. The third kappa shape index (κ3) is 4.71. The number of carbonyl (C=O) groups is 1. The first-order valence-electron chi connectivity index (χ1n) is 7.24. The van der Waals surface area contributed by atoms with E-state index in [0.29, 0.717) is 19.5 Å². The number of halogens is 1. The largest absolute Gasteiger partial charge is 0.497 e. The van der Waals surface area contributed by atoms with Gasteiger partial charge in [-0.05, 0) is 31.0 Å². The minimum Gasteiger partial charge on any atom is -0.497 e. The van der Waals surface area contributed by atoms with Crippen molar-refractivity contribution in [2.24, 2.45) is 0 Å². The van der Waals surface area contributed by atoms with Gasteiger partial charge in [0, 0.05) is 24.8 Å². The Bertz CT molecular complexity index is 463. The molecule has 1 aromatic carbocycles. The highest BCUT2D eigenvalue weighted by molar-refractivity contribution is 9.09. The van der Waals surface area contributed by atoms with Crippen LogP contribution in [0.25, 0.3) is 0 Å². The number of benzene rings is 1. The predicted molar refractivity (Wildman–Crippen MR) is 86.0 cm³/mol. The Labute approximate surface area is 134 Å². The fourth-order valence-corrected chi connectivity index (χ4v) is 2.89. The van der Waals surface area contributed by atoms with Crippen molar-refractivity contribution >= 4 is 21.8 Å². The summed E-state index contributed by atoms with van der Waals surface area (Å²) >= 11 is 3.43. The van der Waals surface area contributed by atoms with Crippen LogP contribution in [0, 0.1) is 0 Å². The number of ether oxygens (including phenoxy) is 2. The van der Waals surface area contributed by atoms with Crippen LogP contribution in [0.4, 0.5) is 0 Å². The molecule has 4 nitrogen and oxygen atoms in total. The minimum absolute atomic E-state index is 0.0960. The lowest BCUT2D eigenvalue weighted by molar-refractivity contribution is -0.142. The van der Waals surface area contributed by atoms with Crippen LogP contribution in [0.3, 0.4) is 0 Å². The lowest BCUT2D eigenvalue weighted by atomic mass is 10.1. The van der Waals surface area contributed by atoms with E-state index in [2.05, 4.69) is 15.9 Å². The number of nitrogens with zero attached hydrogens (tertiary/aromatic N) is 1. The van der Waals surface area contributed by atoms with Crippen LogP contribution in [0.5, 0.6) is 5.75 Å². The molecule has 5 heteroatoms. The quantitative estimate of drug-likeness (QED) is 0.762. The van der Waals surface area contributed by atoms with Gasteiger partial charge >= 0.3 is 0 Å². The second-order valence-electron chi connectivity index (χ2n) is 5.37. The molecule has 21 heavy (non-hydrogen) atoms. The summed E-state index contributed by atoms with van der Waals surface area (Å²) in [6.07, 6.45) is 1.49. The van der Waals surface area contributed by atoms with Gasteiger partial charge in [-0.25, -0.2) is 0 Å². The lowest BCUT2D eigenvalue weighted by Gasteiger charge is -2.36. The van der Waals surface area contributed by atoms with E-state index < -0.39 is 0 Å². The van der Waals surface area contributed by atoms with Crippen molar-refractivity contribution in [1.29, 1.82) is 0 Å². The van der Waals surface area contributed by atoms with Gasteiger partial charge in [0.2, 0.25) is 5.91 Å². The van der Waals surface area contributed by atoms with Crippen LogP contribution >= 0.6 is 15.9 Å². The number of carbonyl (C=O) groups excluding carboxylic acids is 1. The van der Waals surface area contributed by atoms with E-state index in [9.17, 15) is 4.79 Å². The molecular weight excluding hydrogens is 334 g/mol. The Morgan fingerprint density at radius 2 is 2.10 bits per heavy atom. The number of hydrogen-bond acceptors (Lipinski definition) is 3. The smallest absolute Gasteiger partial charge is 0.223 e. The van der Waals surface area contributed by atoms with Gasteiger partial charge in [0.1, 0.15) is 5.75 Å². The molecule has 0 N–H and O–H groups in total. The molecule has 1 fully saturated rings. The van der Waals surface area contributed by atoms with Crippen LogP contribution in [0.15, 0.2) is 24.3 Å². The van der Waals surface area contributed by atoms with Crippen molar-refractivity contribution in [3.63, 3.8) is 0 Å². The van der Waals surface area contributed by atoms with Crippen molar-refractivity contribution in [3.05, 3.63) is 29.8 Å². The van der Waals surface area contributed by atoms with Crippen molar-refractivity contribution in [2.45, 2.75) is 32.0 Å². The van der Waals surface area contributed by atoms with Crippen LogP contribution in [-0.2, 0) is 16.0 Å². The summed E-state index contributed by atoms with van der Waals surface area (Å²) in [6, 6.07) is 7.87. The monoisotopic (exact) mass is 355 g/mol. The number of rotatable bonds is 5. The molecule has 2 rings (SSSR count). The Morgan fingerprint density at radius 1 is 1.38 bits per heavy atom. The molecule has 1 amide bonds. The van der Waals surface area contributed by atoms with Gasteiger partial charge in [0.15, 0.2) is 0 Å². The fraction of sp³-hybridized carbons (Fsp3) is 0.562. The molecule has 0 spiro atoms. The van der Waals surface area contributed by atoms with E-state index in [1.165, 1.54) is 0 Å². The molecule has 0 saturated carbocycles. The van der Waals surface area contributed by atoms with E-state index in [-0.39, 0.29) is 18.1 Å². The SMILES string of the molecule is COc1ccc(CCC(=O)N2CC(C)OC(CBr)C2)cc1. The maximum absolute atomic E-state index is 12.3. The zero-order valence-electron chi connectivity index (χ0n) is 12.5. The Kier molecular flexibility index (Phi) is 6.06. The van der Waals surface area contributed by atoms with Crippen LogP contribution in [0.2, 0.25) is 0 Å². The number of amides is 1. The van der Waals surface area contributed by atoms with Gasteiger partial charge in [0.25, 0.3) is 0 Å². The molecule has 1 saturated heterocycles. The first-order valence-corrected chi connectivity index (χ1v) is 8.36. The number of methoxy groups -OCH3 is 1. The lowest BCUT2D eigenvalue weighted by Crippen LogP contribution is -2.49. The second kappa shape index (κ2) is 7.80. The third-order valence-electron chi connectivity index (χ3n) is 3.64. The molecule has 0 bridgehead atoms. The van der Waals surface area contributed by atoms with Gasteiger partial charge in [0.05, 0.1) is 19.3 Å². The topological polar surface area (TPSA) is 38.8 Å². The molecule has 0 radical (unpaired) electrons. The fourth-order valence-electron chi connectivity index (χ4n) is 2.54. The Balaban J connectivity index is 1.85. The summed E-state index contributed by atoms with van der Waals surface area (Å²) < 4.78 is 10.9. The third-order valence-corrected chi connectivity index (χ3v) is 4.36. The predicted octanol–water partition coefficient (Wildman–Crippen LogP) is 2.64. The first kappa shape index (κ1) is 16.3. The van der Waals surface area contributed by atoms with Crippen LogP contribution in [0.1, 0.15) is 18.9 Å². The van der Waals surface area contributed by atoms with E-state index in [4.69, 9.17) is 9.47 Å². The van der Waals surface area contributed by atoms with Gasteiger partial charge in [-0.15, -0.1) is 0 Å². The highest BCUT2D eigenvalue weighted by atomic mass is 79.9. The summed E-state index contributed by atoms with van der Waals surface area (Å²) in [5, 5.41) is 0.763. The van der Waals surface area contributed by atoms with Gasteiger partial charge in [-0.1, -0.05) is 28.1 Å². The van der Waals surface area contributed by atoms with E-state index >= 15 is 0 Å². The summed E-state index contributed by atoms with van der Waals surface area (Å²) in [7, 11) is 1.65. The normalized spacial score (nSPS) is 22.1. The summed E-state index contributed by atoms with van der Waals surface area (Å²) in [4.78, 5) is 14.3. The molecule has 1 aliphatic heterocycles. The minimum atomic E-state index is 0.0960. The van der Waals surface area contributed by atoms with Gasteiger partial charge < -0.3 is 14.4 Å². The van der Waals surface area contributed by atoms with Crippen molar-refractivity contribution in [2.75, 3.05) is 25.5 Å². The summed E-state index contributed by atoms with van der Waals surface area (Å²) in [5.41, 5.74) is 1.16.